The summed E-state index contributed by atoms with van der Waals surface area (Å²) in [6, 6.07) is 0. The van der Waals surface area contributed by atoms with Crippen LogP contribution in [0.1, 0.15) is 239 Å². The van der Waals surface area contributed by atoms with Crippen LogP contribution in [-0.2, 0) is 28.6 Å². The zero-order chi connectivity index (χ0) is 44.4. The van der Waals surface area contributed by atoms with Crippen LogP contribution in [0.15, 0.2) is 72.9 Å². The van der Waals surface area contributed by atoms with Crippen molar-refractivity contribution in [3.8, 4) is 0 Å². The quantitative estimate of drug-likeness (QED) is 0.0263. The molecular formula is C55H94O6. The Morgan fingerprint density at radius 3 is 1.00 bits per heavy atom. The number of carbonyl (C=O) groups is 3. The number of hydrogen-bond donors (Lipinski definition) is 0. The van der Waals surface area contributed by atoms with Gasteiger partial charge in [-0.15, -0.1) is 0 Å². The number of hydrogen-bond acceptors (Lipinski definition) is 6. The predicted molar refractivity (Wildman–Crippen MR) is 261 cm³/mol. The molecule has 0 aromatic carbocycles. The van der Waals surface area contributed by atoms with Gasteiger partial charge in [-0.05, 0) is 70.6 Å². The molecule has 0 heterocycles. The molecular weight excluding hydrogens is 757 g/mol. The number of carbonyl (C=O) groups excluding carboxylic acids is 3. The summed E-state index contributed by atoms with van der Waals surface area (Å²) in [5.41, 5.74) is 0. The van der Waals surface area contributed by atoms with Crippen LogP contribution >= 0.6 is 0 Å². The smallest absolute Gasteiger partial charge is 0.306 e. The maximum absolute atomic E-state index is 12.7. The summed E-state index contributed by atoms with van der Waals surface area (Å²) in [7, 11) is 0. The Labute approximate surface area is 376 Å². The first kappa shape index (κ1) is 57.9. The Kier molecular flexibility index (Phi) is 46.9. The average molecular weight is 851 g/mol. The van der Waals surface area contributed by atoms with Gasteiger partial charge < -0.3 is 14.2 Å². The first-order chi connectivity index (χ1) is 30.0. The third kappa shape index (κ3) is 47.7. The maximum atomic E-state index is 12.7. The molecule has 0 fully saturated rings. The third-order valence-corrected chi connectivity index (χ3v) is 10.7. The standard InChI is InChI=1S/C55H94O6/c1-4-7-10-13-16-19-20-21-22-23-24-25-26-27-28-29-30-31-32-33-34-37-39-42-45-48-54(57)60-51-52(61-55(58)49-46-43-40-36-18-15-12-9-6-3)50-59-53(56)47-44-41-38-35-17-14-11-8-5-2/h7,10,16,19,21-22,24-25,27-28,30-31,52H,4-6,8-9,11-15,17-18,20,23,26,29,32-51H2,1-3H3/b10-7-,19-16-,22-21-,25-24-,28-27-,31-30-. The van der Waals surface area contributed by atoms with E-state index in [0.29, 0.717) is 19.3 Å². The number of rotatable bonds is 45. The molecule has 0 aliphatic carbocycles. The molecule has 6 heteroatoms. The van der Waals surface area contributed by atoms with Gasteiger partial charge in [0.05, 0.1) is 0 Å². The molecule has 0 saturated carbocycles. The molecule has 0 aromatic heterocycles. The highest BCUT2D eigenvalue weighted by Gasteiger charge is 2.19. The van der Waals surface area contributed by atoms with E-state index in [2.05, 4.69) is 93.7 Å². The van der Waals surface area contributed by atoms with E-state index >= 15 is 0 Å². The molecule has 0 aromatic rings. The first-order valence-electron chi connectivity index (χ1n) is 25.4. The van der Waals surface area contributed by atoms with E-state index in [0.717, 1.165) is 103 Å². The summed E-state index contributed by atoms with van der Waals surface area (Å²) in [6.07, 6.45) is 61.8. The molecule has 0 amide bonds. The van der Waals surface area contributed by atoms with Gasteiger partial charge in [0.2, 0.25) is 0 Å². The Bertz CT molecular complexity index is 1160. The van der Waals surface area contributed by atoms with Gasteiger partial charge in [0, 0.05) is 19.3 Å². The summed E-state index contributed by atoms with van der Waals surface area (Å²) >= 11 is 0. The summed E-state index contributed by atoms with van der Waals surface area (Å²) in [5.74, 6) is -0.898. The van der Waals surface area contributed by atoms with Crippen molar-refractivity contribution in [1.82, 2.24) is 0 Å². The van der Waals surface area contributed by atoms with Gasteiger partial charge in [-0.1, -0.05) is 222 Å². The molecule has 1 atom stereocenters. The van der Waals surface area contributed by atoms with Crippen molar-refractivity contribution in [2.45, 2.75) is 245 Å². The molecule has 0 radical (unpaired) electrons. The van der Waals surface area contributed by atoms with Crippen molar-refractivity contribution in [2.75, 3.05) is 13.2 Å². The second-order valence-corrected chi connectivity index (χ2v) is 16.7. The first-order valence-corrected chi connectivity index (χ1v) is 25.4. The Hall–Kier alpha value is -3.15. The van der Waals surface area contributed by atoms with Crippen molar-refractivity contribution in [2.24, 2.45) is 0 Å². The van der Waals surface area contributed by atoms with Crippen molar-refractivity contribution in [3.05, 3.63) is 72.9 Å². The highest BCUT2D eigenvalue weighted by atomic mass is 16.6. The van der Waals surface area contributed by atoms with Crippen LogP contribution in [0.5, 0.6) is 0 Å². The van der Waals surface area contributed by atoms with Crippen LogP contribution in [0.25, 0.3) is 0 Å². The van der Waals surface area contributed by atoms with Gasteiger partial charge in [0.1, 0.15) is 13.2 Å². The second kappa shape index (κ2) is 49.5. The zero-order valence-corrected chi connectivity index (χ0v) is 39.9. The summed E-state index contributed by atoms with van der Waals surface area (Å²) in [6.45, 7) is 6.47. The van der Waals surface area contributed by atoms with E-state index in [4.69, 9.17) is 14.2 Å². The molecule has 350 valence electrons. The van der Waals surface area contributed by atoms with E-state index in [9.17, 15) is 14.4 Å². The summed E-state index contributed by atoms with van der Waals surface area (Å²) < 4.78 is 16.7. The lowest BCUT2D eigenvalue weighted by molar-refractivity contribution is -0.167. The molecule has 0 saturated heterocycles. The van der Waals surface area contributed by atoms with Crippen molar-refractivity contribution in [1.29, 1.82) is 0 Å². The van der Waals surface area contributed by atoms with Crippen molar-refractivity contribution < 1.29 is 28.6 Å². The largest absolute Gasteiger partial charge is 0.462 e. The second-order valence-electron chi connectivity index (χ2n) is 16.7. The van der Waals surface area contributed by atoms with Gasteiger partial charge in [-0.25, -0.2) is 0 Å². The van der Waals surface area contributed by atoms with E-state index < -0.39 is 6.10 Å². The fraction of sp³-hybridized carbons (Fsp3) is 0.727. The molecule has 0 spiro atoms. The number of ether oxygens (including phenoxy) is 3. The third-order valence-electron chi connectivity index (χ3n) is 10.7. The SMILES string of the molecule is CC/C=C\C/C=C\C/C=C\C/C=C\C/C=C\C/C=C\CCCCCCCCC(=O)OCC(COC(=O)CCCCCCCCCCC)OC(=O)CCCCCCCCCCC. The number of allylic oxidation sites excluding steroid dienone is 12. The average Bonchev–Trinajstić information content (AvgIpc) is 3.26. The fourth-order valence-corrected chi connectivity index (χ4v) is 6.92. The summed E-state index contributed by atoms with van der Waals surface area (Å²) in [5, 5.41) is 0. The van der Waals surface area contributed by atoms with Crippen LogP contribution in [0.2, 0.25) is 0 Å². The number of esters is 3. The Balaban J connectivity index is 4.22. The van der Waals surface area contributed by atoms with Gasteiger partial charge in [0.25, 0.3) is 0 Å². The van der Waals surface area contributed by atoms with Crippen LogP contribution in [0.3, 0.4) is 0 Å². The van der Waals surface area contributed by atoms with Gasteiger partial charge in [-0.3, -0.25) is 14.4 Å². The van der Waals surface area contributed by atoms with Gasteiger partial charge >= 0.3 is 17.9 Å². The fourth-order valence-electron chi connectivity index (χ4n) is 6.92. The molecule has 0 bridgehead atoms. The zero-order valence-electron chi connectivity index (χ0n) is 39.9. The van der Waals surface area contributed by atoms with E-state index in [-0.39, 0.29) is 31.1 Å². The van der Waals surface area contributed by atoms with Crippen LogP contribution < -0.4 is 0 Å². The Morgan fingerprint density at radius 1 is 0.344 bits per heavy atom. The van der Waals surface area contributed by atoms with E-state index in [1.165, 1.54) is 96.3 Å². The lowest BCUT2D eigenvalue weighted by Gasteiger charge is -2.18. The van der Waals surface area contributed by atoms with Gasteiger partial charge in [-0.2, -0.15) is 0 Å². The maximum Gasteiger partial charge on any atom is 0.306 e. The minimum absolute atomic E-state index is 0.0778. The molecule has 6 nitrogen and oxygen atoms in total. The normalized spacial score (nSPS) is 12.6. The molecule has 0 aliphatic heterocycles. The summed E-state index contributed by atoms with van der Waals surface area (Å²) in [4.78, 5) is 37.7. The minimum Gasteiger partial charge on any atom is -0.462 e. The number of unbranched alkanes of at least 4 members (excludes halogenated alkanes) is 22. The van der Waals surface area contributed by atoms with Crippen molar-refractivity contribution in [3.63, 3.8) is 0 Å². The van der Waals surface area contributed by atoms with Crippen molar-refractivity contribution >= 4 is 17.9 Å². The predicted octanol–water partition coefficient (Wildman–Crippen LogP) is 16.6. The van der Waals surface area contributed by atoms with Crippen LogP contribution in [0.4, 0.5) is 0 Å². The molecule has 61 heavy (non-hydrogen) atoms. The van der Waals surface area contributed by atoms with Crippen LogP contribution in [-0.4, -0.2) is 37.2 Å². The monoisotopic (exact) mass is 851 g/mol. The van der Waals surface area contributed by atoms with Crippen LogP contribution in [0, 0.1) is 0 Å². The Morgan fingerprint density at radius 2 is 0.639 bits per heavy atom. The van der Waals surface area contributed by atoms with E-state index in [1.807, 2.05) is 0 Å². The molecule has 0 rings (SSSR count). The lowest BCUT2D eigenvalue weighted by Crippen LogP contribution is -2.30. The highest BCUT2D eigenvalue weighted by molar-refractivity contribution is 5.71. The topological polar surface area (TPSA) is 78.9 Å². The lowest BCUT2D eigenvalue weighted by atomic mass is 10.1. The highest BCUT2D eigenvalue weighted by Crippen LogP contribution is 2.14. The molecule has 0 N–H and O–H groups in total. The minimum atomic E-state index is -0.775. The molecule has 1 unspecified atom stereocenters. The molecule has 0 aliphatic rings. The van der Waals surface area contributed by atoms with E-state index in [1.54, 1.807) is 0 Å². The van der Waals surface area contributed by atoms with Gasteiger partial charge in [0.15, 0.2) is 6.10 Å².